The van der Waals surface area contributed by atoms with Crippen LogP contribution in [0, 0.1) is 0 Å². The molecule has 0 radical (unpaired) electrons. The van der Waals surface area contributed by atoms with Gasteiger partial charge < -0.3 is 15.4 Å². The van der Waals surface area contributed by atoms with Crippen LogP contribution in [0.5, 0.6) is 0 Å². The van der Waals surface area contributed by atoms with Crippen molar-refractivity contribution in [3.63, 3.8) is 0 Å². The number of carbonyl (C=O) groups excluding carboxylic acids is 2. The van der Waals surface area contributed by atoms with Gasteiger partial charge in [0.2, 0.25) is 5.91 Å². The number of amides is 2. The Morgan fingerprint density at radius 1 is 1.12 bits per heavy atom. The van der Waals surface area contributed by atoms with E-state index in [1.807, 2.05) is 18.2 Å². The Labute approximate surface area is 157 Å². The maximum Gasteiger partial charge on any atom is 0.408 e. The number of rotatable bonds is 8. The summed E-state index contributed by atoms with van der Waals surface area (Å²) in [6.45, 7) is 14.5. The third-order valence-corrected chi connectivity index (χ3v) is 3.99. The Morgan fingerprint density at radius 2 is 1.69 bits per heavy atom. The van der Waals surface area contributed by atoms with Crippen LogP contribution in [-0.2, 0) is 22.6 Å². The van der Waals surface area contributed by atoms with E-state index in [4.69, 9.17) is 4.74 Å². The zero-order valence-corrected chi connectivity index (χ0v) is 16.9. The lowest BCUT2D eigenvalue weighted by molar-refractivity contribution is -0.122. The smallest absolute Gasteiger partial charge is 0.408 e. The van der Waals surface area contributed by atoms with Crippen LogP contribution >= 0.6 is 0 Å². The van der Waals surface area contributed by atoms with Crippen LogP contribution in [0.25, 0.3) is 0 Å². The highest BCUT2D eigenvalue weighted by atomic mass is 16.6. The normalized spacial score (nSPS) is 12.6. The summed E-state index contributed by atoms with van der Waals surface area (Å²) < 4.78 is 5.17. The topological polar surface area (TPSA) is 70.7 Å². The molecule has 2 N–H and O–H groups in total. The van der Waals surface area contributed by atoms with Crippen molar-refractivity contribution in [2.24, 2.45) is 0 Å². The second-order valence-corrected chi connectivity index (χ2v) is 7.32. The maximum atomic E-state index is 12.3. The first-order chi connectivity index (χ1) is 12.2. The van der Waals surface area contributed by atoms with Crippen molar-refractivity contribution in [3.8, 4) is 0 Å². The van der Waals surface area contributed by atoms with E-state index >= 15 is 0 Å². The van der Waals surface area contributed by atoms with Gasteiger partial charge in [-0.15, -0.1) is 0 Å². The third-order valence-electron chi connectivity index (χ3n) is 3.99. The Balaban J connectivity index is 2.60. The number of alkyl carbamates (subject to hydrolysis) is 1. The molecule has 2 amide bonds. The SMILES string of the molecule is CCN(CC)Cc1ccccc1CNC(=O)[C@@H](C)NC(=O)OC(C)(C)C. The van der Waals surface area contributed by atoms with Gasteiger partial charge in [-0.05, 0) is 51.9 Å². The van der Waals surface area contributed by atoms with Crippen molar-refractivity contribution < 1.29 is 14.3 Å². The van der Waals surface area contributed by atoms with E-state index in [1.54, 1.807) is 27.7 Å². The van der Waals surface area contributed by atoms with Crippen molar-refractivity contribution in [3.05, 3.63) is 35.4 Å². The fourth-order valence-corrected chi connectivity index (χ4v) is 2.46. The summed E-state index contributed by atoms with van der Waals surface area (Å²) in [5.41, 5.74) is 1.69. The monoisotopic (exact) mass is 363 g/mol. The second-order valence-electron chi connectivity index (χ2n) is 7.32. The summed E-state index contributed by atoms with van der Waals surface area (Å²) >= 11 is 0. The van der Waals surface area contributed by atoms with Crippen molar-refractivity contribution in [1.82, 2.24) is 15.5 Å². The molecule has 0 saturated carbocycles. The van der Waals surface area contributed by atoms with E-state index in [0.717, 1.165) is 25.2 Å². The van der Waals surface area contributed by atoms with Gasteiger partial charge in [0.05, 0.1) is 0 Å². The maximum absolute atomic E-state index is 12.3. The minimum Gasteiger partial charge on any atom is -0.444 e. The van der Waals surface area contributed by atoms with Crippen LogP contribution < -0.4 is 10.6 Å². The average molecular weight is 364 g/mol. The van der Waals surface area contributed by atoms with E-state index in [1.165, 1.54) is 5.56 Å². The molecule has 0 fully saturated rings. The number of ether oxygens (including phenoxy) is 1. The van der Waals surface area contributed by atoms with Gasteiger partial charge in [-0.25, -0.2) is 4.79 Å². The zero-order chi connectivity index (χ0) is 19.7. The molecule has 6 nitrogen and oxygen atoms in total. The standard InChI is InChI=1S/C20H33N3O3/c1-7-23(8-2)14-17-12-10-9-11-16(17)13-21-18(24)15(3)22-19(25)26-20(4,5)6/h9-12,15H,7-8,13-14H2,1-6H3,(H,21,24)(H,22,25)/t15-/m1/s1. The highest BCUT2D eigenvalue weighted by molar-refractivity contribution is 5.85. The summed E-state index contributed by atoms with van der Waals surface area (Å²) in [5, 5.41) is 5.44. The van der Waals surface area contributed by atoms with E-state index in [-0.39, 0.29) is 5.91 Å². The van der Waals surface area contributed by atoms with Gasteiger partial charge in [0, 0.05) is 13.1 Å². The minimum atomic E-state index is -0.667. The molecule has 0 aliphatic rings. The Hall–Kier alpha value is -2.08. The molecule has 0 unspecified atom stereocenters. The molecule has 0 aliphatic carbocycles. The predicted molar refractivity (Wildman–Crippen MR) is 104 cm³/mol. The van der Waals surface area contributed by atoms with Crippen molar-refractivity contribution >= 4 is 12.0 Å². The first-order valence-electron chi connectivity index (χ1n) is 9.22. The van der Waals surface area contributed by atoms with Gasteiger partial charge in [0.25, 0.3) is 0 Å². The number of carbonyl (C=O) groups is 2. The van der Waals surface area contributed by atoms with Crippen LogP contribution in [0.2, 0.25) is 0 Å². The van der Waals surface area contributed by atoms with E-state index in [0.29, 0.717) is 6.54 Å². The molecule has 1 rings (SSSR count). The molecule has 0 bridgehead atoms. The lowest BCUT2D eigenvalue weighted by Gasteiger charge is -2.22. The molecule has 6 heteroatoms. The fourth-order valence-electron chi connectivity index (χ4n) is 2.46. The van der Waals surface area contributed by atoms with Gasteiger partial charge in [0.15, 0.2) is 0 Å². The molecule has 0 spiro atoms. The number of hydrogen-bond donors (Lipinski definition) is 2. The molecule has 0 aliphatic heterocycles. The predicted octanol–water partition coefficient (Wildman–Crippen LogP) is 3.06. The Bertz CT molecular complexity index is 592. The molecule has 146 valence electrons. The lowest BCUT2D eigenvalue weighted by Crippen LogP contribution is -2.46. The molecule has 1 aromatic rings. The average Bonchev–Trinajstić information content (AvgIpc) is 2.56. The Kier molecular flexibility index (Phi) is 8.58. The number of hydrogen-bond acceptors (Lipinski definition) is 4. The quantitative estimate of drug-likeness (QED) is 0.745. The van der Waals surface area contributed by atoms with Crippen LogP contribution in [0.3, 0.4) is 0 Å². The van der Waals surface area contributed by atoms with Crippen LogP contribution in [0.1, 0.15) is 52.7 Å². The first kappa shape index (κ1) is 22.0. The molecule has 0 saturated heterocycles. The molecular formula is C20H33N3O3. The lowest BCUT2D eigenvalue weighted by atomic mass is 10.1. The van der Waals surface area contributed by atoms with E-state index in [2.05, 4.69) is 35.4 Å². The van der Waals surface area contributed by atoms with E-state index in [9.17, 15) is 9.59 Å². The summed E-state index contributed by atoms with van der Waals surface area (Å²) in [6, 6.07) is 7.42. The Morgan fingerprint density at radius 3 is 2.23 bits per heavy atom. The summed E-state index contributed by atoms with van der Waals surface area (Å²) in [4.78, 5) is 26.4. The molecule has 1 aromatic carbocycles. The number of nitrogens with zero attached hydrogens (tertiary/aromatic N) is 1. The molecule has 26 heavy (non-hydrogen) atoms. The minimum absolute atomic E-state index is 0.242. The van der Waals surface area contributed by atoms with Gasteiger partial charge >= 0.3 is 6.09 Å². The zero-order valence-electron chi connectivity index (χ0n) is 16.9. The summed E-state index contributed by atoms with van der Waals surface area (Å²) in [5.74, 6) is -0.242. The molecule has 0 aromatic heterocycles. The number of nitrogens with one attached hydrogen (secondary N) is 2. The summed E-state index contributed by atoms with van der Waals surface area (Å²) in [6.07, 6.45) is -0.595. The molecule has 0 heterocycles. The van der Waals surface area contributed by atoms with Crippen LogP contribution in [0.15, 0.2) is 24.3 Å². The van der Waals surface area contributed by atoms with Gasteiger partial charge in [0.1, 0.15) is 11.6 Å². The van der Waals surface area contributed by atoms with Crippen LogP contribution in [0.4, 0.5) is 4.79 Å². The highest BCUT2D eigenvalue weighted by Gasteiger charge is 2.21. The van der Waals surface area contributed by atoms with Gasteiger partial charge in [-0.1, -0.05) is 38.1 Å². The second kappa shape index (κ2) is 10.2. The summed E-state index contributed by atoms with van der Waals surface area (Å²) in [7, 11) is 0. The van der Waals surface area contributed by atoms with Crippen molar-refractivity contribution in [2.75, 3.05) is 13.1 Å². The fraction of sp³-hybridized carbons (Fsp3) is 0.600. The van der Waals surface area contributed by atoms with Gasteiger partial charge in [-0.3, -0.25) is 9.69 Å². The third kappa shape index (κ3) is 7.87. The molecular weight excluding hydrogens is 330 g/mol. The molecule has 1 atom stereocenters. The van der Waals surface area contributed by atoms with Gasteiger partial charge in [-0.2, -0.15) is 0 Å². The first-order valence-corrected chi connectivity index (χ1v) is 9.22. The van der Waals surface area contributed by atoms with Crippen molar-refractivity contribution in [1.29, 1.82) is 0 Å². The van der Waals surface area contributed by atoms with Crippen LogP contribution in [-0.4, -0.2) is 41.6 Å². The van der Waals surface area contributed by atoms with E-state index < -0.39 is 17.7 Å². The highest BCUT2D eigenvalue weighted by Crippen LogP contribution is 2.12. The number of benzene rings is 1. The van der Waals surface area contributed by atoms with Crippen molar-refractivity contribution in [2.45, 2.75) is 66.3 Å². The largest absolute Gasteiger partial charge is 0.444 e.